The molecule has 0 spiro atoms. The summed E-state index contributed by atoms with van der Waals surface area (Å²) in [4.78, 5) is 8.57. The molecule has 0 radical (unpaired) electrons. The van der Waals surface area contributed by atoms with Gasteiger partial charge in [-0.15, -0.1) is 0 Å². The van der Waals surface area contributed by atoms with Crippen molar-refractivity contribution in [3.05, 3.63) is 14.0 Å². The van der Waals surface area contributed by atoms with Gasteiger partial charge in [-0.25, -0.2) is 4.79 Å². The maximum absolute atomic E-state index is 8.57. The van der Waals surface area contributed by atoms with E-state index in [1.165, 1.54) is 5.94 Å². The molecule has 0 bridgehead atoms. The predicted molar refractivity (Wildman–Crippen MR) is 17.7 cm³/mol. The molecule has 1 nitrogen and oxygen atoms in total. The predicted octanol–water partition coefficient (Wildman–Crippen LogP) is 0.454. The monoisotopic (exact) mass is 324 g/mol. The van der Waals surface area contributed by atoms with Crippen LogP contribution in [-0.2, 0) is 4.79 Å². The maximum Gasteiger partial charge on any atom is 0.116 e. The second kappa shape index (κ2) is 17.0. The van der Waals surface area contributed by atoms with Crippen LogP contribution in [0.1, 0.15) is 0 Å². The minimum Gasteiger partial charge on any atom is -0.358 e. The second-order valence-electron chi connectivity index (χ2n) is 0.144. The molecule has 2 heteroatoms. The van der Waals surface area contributed by atoms with Crippen LogP contribution in [0.25, 0.3) is 0 Å². The average Bonchev–Trinajstić information content (AvgIpc) is 0.918. The van der Waals surface area contributed by atoms with E-state index >= 15 is 0 Å². The molecule has 0 heterocycles. The van der Waals surface area contributed by atoms with Gasteiger partial charge in [0.1, 0.15) is 5.94 Å². The van der Waals surface area contributed by atoms with Crippen LogP contribution in [0.4, 0.5) is 0 Å². The molecular formula is C3H5ORf-. The van der Waals surface area contributed by atoms with Gasteiger partial charge in [-0.05, 0) is 6.58 Å². The van der Waals surface area contributed by atoms with E-state index in [4.69, 9.17) is 4.79 Å². The quantitative estimate of drug-likeness (QED) is 0.467. The van der Waals surface area contributed by atoms with Crippen molar-refractivity contribution >= 4 is 5.94 Å². The minimum atomic E-state index is 0. The topological polar surface area (TPSA) is 17.1 Å². The van der Waals surface area contributed by atoms with Gasteiger partial charge in [0.25, 0.3) is 0 Å². The minimum absolute atomic E-state index is 0. The zero-order chi connectivity index (χ0) is 2.71. The summed E-state index contributed by atoms with van der Waals surface area (Å²) in [6, 6.07) is 0. The van der Waals surface area contributed by atoms with E-state index < -0.39 is 0 Å². The van der Waals surface area contributed by atoms with Crippen molar-refractivity contribution < 1.29 is 4.79 Å². The molecule has 0 aromatic heterocycles. The normalized spacial score (nSPS) is 1.60. The summed E-state index contributed by atoms with van der Waals surface area (Å²) in [5.74, 6) is 1.25. The van der Waals surface area contributed by atoms with Gasteiger partial charge in [0, 0.05) is 0 Å². The van der Waals surface area contributed by atoms with Crippen LogP contribution in [0.2, 0.25) is 0 Å². The standard InChI is InChI=1S/C2H2O.CH3.Rf/c1-2-3;;/h1H2;1H3;/q;-1;. The Labute approximate surface area is 25.9 Å². The number of carbonyl (C=O) groups excluding carboxylic acids is 1. The Hall–Kier alpha value is -1.55. The van der Waals surface area contributed by atoms with Gasteiger partial charge in [0.05, 0.1) is 0 Å². The van der Waals surface area contributed by atoms with Gasteiger partial charge >= 0.3 is 0 Å². The molecular weight excluding hydrogens is 319 g/mol. The summed E-state index contributed by atoms with van der Waals surface area (Å²) in [6.45, 7) is 2.68. The fourth-order valence-corrected chi connectivity index (χ4v) is 0. The van der Waals surface area contributed by atoms with Gasteiger partial charge in [0.15, 0.2) is 0 Å². The second-order valence-corrected chi connectivity index (χ2v) is 0.144. The van der Waals surface area contributed by atoms with Crippen molar-refractivity contribution in [1.82, 2.24) is 0 Å². The van der Waals surface area contributed by atoms with E-state index in [2.05, 4.69) is 6.58 Å². The van der Waals surface area contributed by atoms with Gasteiger partial charge in [-0.1, -0.05) is 0 Å². The Bertz CT molecular complexity index is 27.9. The molecule has 0 amide bonds. The average molecular weight is 324 g/mol. The summed E-state index contributed by atoms with van der Waals surface area (Å²) >= 11 is 0. The molecule has 5 heavy (non-hydrogen) atoms. The molecule has 0 fully saturated rings. The first-order valence-corrected chi connectivity index (χ1v) is 0.558. The third-order valence-corrected chi connectivity index (χ3v) is 0. The Morgan fingerprint density at radius 2 is 1.60 bits per heavy atom. The Balaban J connectivity index is -0.0000000200. The van der Waals surface area contributed by atoms with Crippen molar-refractivity contribution in [1.29, 1.82) is 0 Å². The van der Waals surface area contributed by atoms with Crippen LogP contribution in [-0.4, -0.2) is 5.94 Å². The Morgan fingerprint density at radius 1 is 1.60 bits per heavy atom. The zero-order valence-electron chi connectivity index (χ0n) is 3.32. The van der Waals surface area contributed by atoms with Gasteiger partial charge in [-0.2, -0.15) is 0 Å². The summed E-state index contributed by atoms with van der Waals surface area (Å²) < 4.78 is 0. The summed E-state index contributed by atoms with van der Waals surface area (Å²) in [7, 11) is 0. The summed E-state index contributed by atoms with van der Waals surface area (Å²) in [5, 5.41) is 0. The number of hydrogen-bond acceptors (Lipinski definition) is 1. The molecule has 26 valence electrons. The first kappa shape index (κ1) is 102. The summed E-state index contributed by atoms with van der Waals surface area (Å²) in [5.41, 5.74) is 0. The third kappa shape index (κ3) is 0.207. The largest absolute Gasteiger partial charge is 0.358 e. The molecule has 0 aliphatic rings. The fraction of sp³-hybridized carbons (Fsp3) is 0. The first-order valence-electron chi connectivity index (χ1n) is 0.558. The SMILES string of the molecule is C=C=O.[CH3-].[Rf]. The molecule has 0 rings (SSSR count). The van der Waals surface area contributed by atoms with E-state index in [0.717, 1.165) is 0 Å². The van der Waals surface area contributed by atoms with Gasteiger partial charge in [0.2, 0.25) is 0 Å². The van der Waals surface area contributed by atoms with Crippen molar-refractivity contribution in [3.8, 4) is 0 Å². The van der Waals surface area contributed by atoms with Crippen LogP contribution in [0, 0.1) is 7.43 Å². The van der Waals surface area contributed by atoms with E-state index in [9.17, 15) is 0 Å². The van der Waals surface area contributed by atoms with E-state index in [1.807, 2.05) is 0 Å². The van der Waals surface area contributed by atoms with Crippen molar-refractivity contribution in [2.75, 3.05) is 0 Å². The zero-order valence-corrected chi connectivity index (χ0v) is 9.72. The molecule has 0 atom stereocenters. The fourth-order valence-electron chi connectivity index (χ4n) is 0. The number of rotatable bonds is 0. The van der Waals surface area contributed by atoms with Gasteiger partial charge < -0.3 is 7.43 Å². The molecule has 0 aliphatic heterocycles. The smallest absolute Gasteiger partial charge is 0.116 e. The van der Waals surface area contributed by atoms with Gasteiger partial charge in [-0.3, -0.25) is 0 Å². The molecule has 0 N–H and O–H groups in total. The van der Waals surface area contributed by atoms with Crippen LogP contribution < -0.4 is 0 Å². The molecule has 0 aromatic rings. The van der Waals surface area contributed by atoms with E-state index in [1.54, 1.807) is 0 Å². The molecule has 0 saturated heterocycles. The summed E-state index contributed by atoms with van der Waals surface area (Å²) in [6.07, 6.45) is 0. The van der Waals surface area contributed by atoms with E-state index in [0.29, 0.717) is 0 Å². The molecule has 0 unspecified atom stereocenters. The molecule has 0 aliphatic carbocycles. The maximum atomic E-state index is 8.57. The van der Waals surface area contributed by atoms with Crippen LogP contribution >= 0.6 is 0 Å². The Kier molecular flexibility index (Phi) is 348. The number of hydrogen-bond donors (Lipinski definition) is 0. The van der Waals surface area contributed by atoms with Crippen molar-refractivity contribution in [3.63, 3.8) is 0 Å². The van der Waals surface area contributed by atoms with Crippen LogP contribution in [0.15, 0.2) is 6.58 Å². The molecule has 0 aromatic carbocycles. The molecule has 0 saturated carbocycles. The Morgan fingerprint density at radius 3 is 1.60 bits per heavy atom. The third-order valence-electron chi connectivity index (χ3n) is 0. The van der Waals surface area contributed by atoms with Crippen LogP contribution in [0.5, 0.6) is 0 Å². The van der Waals surface area contributed by atoms with E-state index in [-0.39, 0.29) is 7.43 Å². The van der Waals surface area contributed by atoms with Crippen molar-refractivity contribution in [2.45, 2.75) is 0 Å². The first-order chi connectivity index (χ1) is 1.41. The van der Waals surface area contributed by atoms with Crippen LogP contribution in [0.3, 0.4) is 0 Å². The van der Waals surface area contributed by atoms with Crippen molar-refractivity contribution in [2.24, 2.45) is 0 Å².